The Morgan fingerprint density at radius 2 is 2.00 bits per heavy atom. The van der Waals surface area contributed by atoms with E-state index in [9.17, 15) is 14.4 Å². The third kappa shape index (κ3) is 4.13. The molecule has 0 saturated carbocycles. The third-order valence-electron chi connectivity index (χ3n) is 2.30. The molecular formula is C12H13ClN2O5. The van der Waals surface area contributed by atoms with Gasteiger partial charge < -0.3 is 15.2 Å². The van der Waals surface area contributed by atoms with Gasteiger partial charge in [-0.15, -0.1) is 0 Å². The summed E-state index contributed by atoms with van der Waals surface area (Å²) in [6.07, 6.45) is -2.12. The van der Waals surface area contributed by atoms with Crippen molar-refractivity contribution in [2.75, 3.05) is 12.8 Å². The predicted octanol–water partition coefficient (Wildman–Crippen LogP) is 1.35. The maximum absolute atomic E-state index is 11.8. The molecule has 1 aromatic carbocycles. The number of imide groups is 1. The van der Waals surface area contributed by atoms with Gasteiger partial charge in [-0.1, -0.05) is 11.6 Å². The van der Waals surface area contributed by atoms with Crippen LogP contribution >= 0.6 is 11.6 Å². The fourth-order valence-corrected chi connectivity index (χ4v) is 1.43. The highest BCUT2D eigenvalue weighted by Crippen LogP contribution is 2.19. The van der Waals surface area contributed by atoms with Crippen molar-refractivity contribution in [1.29, 1.82) is 0 Å². The minimum atomic E-state index is -1.18. The van der Waals surface area contributed by atoms with Crippen molar-refractivity contribution >= 4 is 35.3 Å². The molecule has 3 N–H and O–H groups in total. The van der Waals surface area contributed by atoms with Crippen molar-refractivity contribution in [2.45, 2.75) is 13.0 Å². The first-order chi connectivity index (χ1) is 9.35. The molecule has 0 bridgehead atoms. The number of alkyl carbamates (subject to hydrolysis) is 1. The Morgan fingerprint density at radius 3 is 2.55 bits per heavy atom. The van der Waals surface area contributed by atoms with Crippen LogP contribution in [0.25, 0.3) is 0 Å². The summed E-state index contributed by atoms with van der Waals surface area (Å²) in [6, 6.07) is 4.23. The van der Waals surface area contributed by atoms with E-state index in [-0.39, 0.29) is 11.3 Å². The number of methoxy groups -OCH3 is 1. The van der Waals surface area contributed by atoms with Crippen molar-refractivity contribution in [2.24, 2.45) is 0 Å². The lowest BCUT2D eigenvalue weighted by Crippen LogP contribution is -2.39. The Bertz CT molecular complexity index is 547. The summed E-state index contributed by atoms with van der Waals surface area (Å²) in [5.41, 5.74) is 5.82. The molecule has 7 nitrogen and oxygen atoms in total. The summed E-state index contributed by atoms with van der Waals surface area (Å²) in [4.78, 5) is 34.1. The molecule has 108 valence electrons. The van der Waals surface area contributed by atoms with Crippen LogP contribution in [0.2, 0.25) is 5.02 Å². The summed E-state index contributed by atoms with van der Waals surface area (Å²) < 4.78 is 9.13. The van der Waals surface area contributed by atoms with Crippen molar-refractivity contribution in [3.05, 3.63) is 28.8 Å². The SMILES string of the molecule is COC(=O)NC(=O)[C@H](C)OC(=O)c1ccc(Cl)cc1N. The number of hydrogen-bond donors (Lipinski definition) is 2. The molecule has 1 atom stereocenters. The zero-order valence-corrected chi connectivity index (χ0v) is 11.6. The van der Waals surface area contributed by atoms with Gasteiger partial charge in [0.15, 0.2) is 6.10 Å². The summed E-state index contributed by atoms with van der Waals surface area (Å²) in [5.74, 6) is -1.61. The number of rotatable bonds is 3. The number of carbonyl (C=O) groups excluding carboxylic acids is 3. The molecule has 0 aliphatic rings. The molecule has 1 rings (SSSR count). The summed E-state index contributed by atoms with van der Waals surface area (Å²) in [6.45, 7) is 1.31. The van der Waals surface area contributed by atoms with Crippen LogP contribution in [0.3, 0.4) is 0 Å². The maximum atomic E-state index is 11.8. The van der Waals surface area contributed by atoms with Gasteiger partial charge in [0.05, 0.1) is 12.7 Å². The Balaban J connectivity index is 2.70. The number of ether oxygens (including phenoxy) is 2. The van der Waals surface area contributed by atoms with E-state index in [2.05, 4.69) is 4.74 Å². The number of carbonyl (C=O) groups is 3. The molecule has 0 spiro atoms. The first-order valence-electron chi connectivity index (χ1n) is 5.50. The van der Waals surface area contributed by atoms with E-state index in [0.717, 1.165) is 7.11 Å². The van der Waals surface area contributed by atoms with E-state index in [4.69, 9.17) is 22.1 Å². The Labute approximate surface area is 120 Å². The Kier molecular flexibility index (Phi) is 5.33. The molecular weight excluding hydrogens is 288 g/mol. The third-order valence-corrected chi connectivity index (χ3v) is 2.53. The van der Waals surface area contributed by atoms with Crippen molar-refractivity contribution in [3.63, 3.8) is 0 Å². The largest absolute Gasteiger partial charge is 0.453 e. The molecule has 0 unspecified atom stereocenters. The van der Waals surface area contributed by atoms with Gasteiger partial charge in [-0.05, 0) is 25.1 Å². The molecule has 8 heteroatoms. The topological polar surface area (TPSA) is 108 Å². The van der Waals surface area contributed by atoms with Crippen LogP contribution in [0.4, 0.5) is 10.5 Å². The number of nitrogens with one attached hydrogen (secondary N) is 1. The maximum Gasteiger partial charge on any atom is 0.413 e. The van der Waals surface area contributed by atoms with Crippen LogP contribution in [-0.4, -0.2) is 31.2 Å². The van der Waals surface area contributed by atoms with E-state index in [1.165, 1.54) is 25.1 Å². The Hall–Kier alpha value is -2.28. The fraction of sp³-hybridized carbons (Fsp3) is 0.250. The van der Waals surface area contributed by atoms with E-state index in [0.29, 0.717) is 5.02 Å². The average Bonchev–Trinajstić information content (AvgIpc) is 2.37. The molecule has 0 heterocycles. The predicted molar refractivity (Wildman–Crippen MR) is 71.3 cm³/mol. The summed E-state index contributed by atoms with van der Waals surface area (Å²) in [7, 11) is 1.10. The number of benzene rings is 1. The number of nitrogen functional groups attached to an aromatic ring is 1. The van der Waals surface area contributed by atoms with Gasteiger partial charge in [0.1, 0.15) is 0 Å². The minimum absolute atomic E-state index is 0.0760. The molecule has 0 saturated heterocycles. The van der Waals surface area contributed by atoms with Crippen LogP contribution in [0, 0.1) is 0 Å². The van der Waals surface area contributed by atoms with Crippen LogP contribution in [-0.2, 0) is 14.3 Å². The number of esters is 1. The second kappa shape index (κ2) is 6.76. The molecule has 0 radical (unpaired) electrons. The number of amides is 2. The van der Waals surface area contributed by atoms with Crippen LogP contribution < -0.4 is 11.1 Å². The monoisotopic (exact) mass is 300 g/mol. The quantitative estimate of drug-likeness (QED) is 0.644. The number of halogens is 1. The second-order valence-corrected chi connectivity index (χ2v) is 4.20. The first-order valence-corrected chi connectivity index (χ1v) is 5.87. The van der Waals surface area contributed by atoms with Crippen molar-refractivity contribution in [3.8, 4) is 0 Å². The Morgan fingerprint density at radius 1 is 1.35 bits per heavy atom. The highest BCUT2D eigenvalue weighted by molar-refractivity contribution is 6.31. The molecule has 1 aromatic rings. The van der Waals surface area contributed by atoms with E-state index in [1.807, 2.05) is 5.32 Å². The highest BCUT2D eigenvalue weighted by Gasteiger charge is 2.22. The van der Waals surface area contributed by atoms with Gasteiger partial charge in [0, 0.05) is 10.7 Å². The van der Waals surface area contributed by atoms with Gasteiger partial charge in [-0.25, -0.2) is 9.59 Å². The smallest absolute Gasteiger partial charge is 0.413 e. The van der Waals surface area contributed by atoms with Gasteiger partial charge in [0.25, 0.3) is 5.91 Å². The standard InChI is InChI=1S/C12H13ClN2O5/c1-6(10(16)15-12(18)19-2)20-11(17)8-4-3-7(13)5-9(8)14/h3-6H,14H2,1-2H3,(H,15,16,18)/t6-/m0/s1. The highest BCUT2D eigenvalue weighted by atomic mass is 35.5. The lowest BCUT2D eigenvalue weighted by Gasteiger charge is -2.13. The van der Waals surface area contributed by atoms with E-state index in [1.54, 1.807) is 0 Å². The minimum Gasteiger partial charge on any atom is -0.453 e. The first kappa shape index (κ1) is 15.8. The number of nitrogens with two attached hydrogens (primary N) is 1. The van der Waals surface area contributed by atoms with E-state index >= 15 is 0 Å². The molecule has 0 aliphatic heterocycles. The van der Waals surface area contributed by atoms with Gasteiger partial charge in [0.2, 0.25) is 0 Å². The van der Waals surface area contributed by atoms with Gasteiger partial charge in [-0.2, -0.15) is 0 Å². The van der Waals surface area contributed by atoms with Crippen molar-refractivity contribution < 1.29 is 23.9 Å². The second-order valence-electron chi connectivity index (χ2n) is 3.76. The number of anilines is 1. The van der Waals surface area contributed by atoms with E-state index < -0.39 is 24.1 Å². The summed E-state index contributed by atoms with van der Waals surface area (Å²) in [5, 5.41) is 2.25. The molecule has 0 aliphatic carbocycles. The lowest BCUT2D eigenvalue weighted by molar-refractivity contribution is -0.128. The lowest BCUT2D eigenvalue weighted by atomic mass is 10.2. The van der Waals surface area contributed by atoms with Crippen LogP contribution in [0.15, 0.2) is 18.2 Å². The van der Waals surface area contributed by atoms with Crippen molar-refractivity contribution in [1.82, 2.24) is 5.32 Å². The number of hydrogen-bond acceptors (Lipinski definition) is 6. The summed E-state index contributed by atoms with van der Waals surface area (Å²) >= 11 is 5.70. The molecule has 20 heavy (non-hydrogen) atoms. The zero-order chi connectivity index (χ0) is 15.3. The molecule has 0 fully saturated rings. The van der Waals surface area contributed by atoms with Crippen LogP contribution in [0.5, 0.6) is 0 Å². The average molecular weight is 301 g/mol. The zero-order valence-electron chi connectivity index (χ0n) is 10.8. The van der Waals surface area contributed by atoms with Gasteiger partial charge in [-0.3, -0.25) is 10.1 Å². The molecule has 2 amide bonds. The van der Waals surface area contributed by atoms with Gasteiger partial charge >= 0.3 is 12.1 Å². The fourth-order valence-electron chi connectivity index (χ4n) is 1.25. The normalized spacial score (nSPS) is 11.3. The van der Waals surface area contributed by atoms with Crippen LogP contribution in [0.1, 0.15) is 17.3 Å². The molecule has 0 aromatic heterocycles.